The van der Waals surface area contributed by atoms with Gasteiger partial charge in [0, 0.05) is 5.56 Å². The molecule has 0 amide bonds. The van der Waals surface area contributed by atoms with Crippen LogP contribution in [0.1, 0.15) is 58.1 Å². The van der Waals surface area contributed by atoms with Crippen LogP contribution >= 0.6 is 31.9 Å². The lowest BCUT2D eigenvalue weighted by Crippen LogP contribution is -2.08. The molecule has 0 aromatic heterocycles. The smallest absolute Gasteiger partial charge is 0.171 e. The standard InChI is InChI=1S/C21H30Br2FNO3/c1-5-16-14-18(26-13-10-19(22)23)20(24)17(6-2)21(16)27-11-8-7-9-12-28-25-15(3)4/h10,14H,5-9,11-13H2,1-4H3. The first-order chi connectivity index (χ1) is 13.4. The van der Waals surface area contributed by atoms with Crippen molar-refractivity contribution in [1.82, 2.24) is 0 Å². The molecule has 0 bridgehead atoms. The van der Waals surface area contributed by atoms with Gasteiger partial charge in [0.1, 0.15) is 19.0 Å². The van der Waals surface area contributed by atoms with E-state index in [0.29, 0.717) is 30.9 Å². The van der Waals surface area contributed by atoms with Crippen LogP contribution in [0.25, 0.3) is 0 Å². The molecule has 0 saturated carbocycles. The van der Waals surface area contributed by atoms with Crippen molar-refractivity contribution >= 4 is 37.6 Å². The van der Waals surface area contributed by atoms with Crippen molar-refractivity contribution in [2.24, 2.45) is 5.16 Å². The molecule has 28 heavy (non-hydrogen) atoms. The van der Waals surface area contributed by atoms with E-state index in [1.54, 1.807) is 12.1 Å². The summed E-state index contributed by atoms with van der Waals surface area (Å²) in [5, 5.41) is 3.91. The maximum absolute atomic E-state index is 14.9. The molecule has 0 N–H and O–H groups in total. The van der Waals surface area contributed by atoms with Crippen LogP contribution in [0.2, 0.25) is 0 Å². The van der Waals surface area contributed by atoms with Crippen molar-refractivity contribution in [3.05, 3.63) is 32.5 Å². The van der Waals surface area contributed by atoms with E-state index in [1.165, 1.54) is 0 Å². The fraction of sp³-hybridized carbons (Fsp3) is 0.571. The van der Waals surface area contributed by atoms with Crippen LogP contribution in [-0.2, 0) is 17.7 Å². The summed E-state index contributed by atoms with van der Waals surface area (Å²) in [6, 6.07) is 1.75. The highest BCUT2D eigenvalue weighted by Gasteiger charge is 2.18. The summed E-state index contributed by atoms with van der Waals surface area (Å²) in [4.78, 5) is 5.18. The van der Waals surface area contributed by atoms with E-state index in [1.807, 2.05) is 27.7 Å². The summed E-state index contributed by atoms with van der Waals surface area (Å²) in [6.45, 7) is 9.19. The van der Waals surface area contributed by atoms with Crippen LogP contribution in [0.15, 0.2) is 20.7 Å². The Morgan fingerprint density at radius 1 is 1.07 bits per heavy atom. The Balaban J connectivity index is 2.68. The number of rotatable bonds is 13. The van der Waals surface area contributed by atoms with Gasteiger partial charge in [-0.05, 0) is 95.5 Å². The quantitative estimate of drug-likeness (QED) is 0.160. The van der Waals surface area contributed by atoms with E-state index in [0.717, 1.165) is 40.4 Å². The summed E-state index contributed by atoms with van der Waals surface area (Å²) in [7, 11) is 0. The third-order valence-corrected chi connectivity index (χ3v) is 4.58. The molecule has 0 saturated heterocycles. The van der Waals surface area contributed by atoms with Crippen molar-refractivity contribution in [2.75, 3.05) is 19.8 Å². The highest BCUT2D eigenvalue weighted by molar-refractivity contribution is 9.28. The molecule has 0 radical (unpaired) electrons. The summed E-state index contributed by atoms with van der Waals surface area (Å²) < 4.78 is 27.2. The third kappa shape index (κ3) is 8.95. The largest absolute Gasteiger partial charge is 0.493 e. The summed E-state index contributed by atoms with van der Waals surface area (Å²) in [5.74, 6) is 0.590. The van der Waals surface area contributed by atoms with Gasteiger partial charge < -0.3 is 14.3 Å². The first-order valence-corrected chi connectivity index (χ1v) is 11.2. The minimum atomic E-state index is -0.338. The second-order valence-corrected chi connectivity index (χ2v) is 9.22. The number of aryl methyl sites for hydroxylation is 1. The zero-order valence-corrected chi connectivity index (χ0v) is 20.3. The molecule has 1 aromatic rings. The number of nitrogens with zero attached hydrogens (tertiary/aromatic N) is 1. The van der Waals surface area contributed by atoms with Gasteiger partial charge in [0.25, 0.3) is 0 Å². The second-order valence-electron chi connectivity index (χ2n) is 6.45. The molecular weight excluding hydrogens is 493 g/mol. The molecule has 0 aliphatic carbocycles. The van der Waals surface area contributed by atoms with Gasteiger partial charge in [-0.2, -0.15) is 0 Å². The van der Waals surface area contributed by atoms with Crippen LogP contribution in [0.3, 0.4) is 0 Å². The van der Waals surface area contributed by atoms with Crippen LogP contribution in [0, 0.1) is 5.82 Å². The average molecular weight is 523 g/mol. The number of unbranched alkanes of at least 4 members (excludes halogenated alkanes) is 2. The lowest BCUT2D eigenvalue weighted by Gasteiger charge is -2.18. The number of hydrogen-bond donors (Lipinski definition) is 0. The van der Waals surface area contributed by atoms with Gasteiger partial charge in [0.2, 0.25) is 0 Å². The highest BCUT2D eigenvalue weighted by atomic mass is 79.9. The van der Waals surface area contributed by atoms with Gasteiger partial charge in [0.05, 0.1) is 15.7 Å². The number of hydrogen-bond acceptors (Lipinski definition) is 4. The Morgan fingerprint density at radius 2 is 1.79 bits per heavy atom. The van der Waals surface area contributed by atoms with E-state index in [2.05, 4.69) is 37.0 Å². The fourth-order valence-corrected chi connectivity index (χ4v) is 2.85. The lowest BCUT2D eigenvalue weighted by atomic mass is 10.0. The molecule has 4 nitrogen and oxygen atoms in total. The summed E-state index contributed by atoms with van der Waals surface area (Å²) in [6.07, 6.45) is 5.84. The summed E-state index contributed by atoms with van der Waals surface area (Å²) >= 11 is 6.53. The molecular formula is C21H30Br2FNO3. The van der Waals surface area contributed by atoms with Crippen molar-refractivity contribution in [2.45, 2.75) is 59.8 Å². The predicted octanol–water partition coefficient (Wildman–Crippen LogP) is 6.92. The maximum Gasteiger partial charge on any atom is 0.171 e. The van der Waals surface area contributed by atoms with Crippen LogP contribution in [-0.4, -0.2) is 25.5 Å². The molecule has 0 aliphatic rings. The van der Waals surface area contributed by atoms with Crippen LogP contribution < -0.4 is 9.47 Å². The predicted molar refractivity (Wildman–Crippen MR) is 121 cm³/mol. The van der Waals surface area contributed by atoms with Crippen molar-refractivity contribution < 1.29 is 18.7 Å². The van der Waals surface area contributed by atoms with Crippen molar-refractivity contribution in [1.29, 1.82) is 0 Å². The molecule has 1 rings (SSSR count). The van der Waals surface area contributed by atoms with Crippen LogP contribution in [0.4, 0.5) is 4.39 Å². The van der Waals surface area contributed by atoms with Gasteiger partial charge in [-0.25, -0.2) is 4.39 Å². The monoisotopic (exact) mass is 521 g/mol. The van der Waals surface area contributed by atoms with Crippen molar-refractivity contribution in [3.63, 3.8) is 0 Å². The molecule has 0 unspecified atom stereocenters. The lowest BCUT2D eigenvalue weighted by molar-refractivity contribution is 0.138. The highest BCUT2D eigenvalue weighted by Crippen LogP contribution is 2.34. The van der Waals surface area contributed by atoms with Gasteiger partial charge in [-0.1, -0.05) is 19.0 Å². The Labute approximate surface area is 184 Å². The van der Waals surface area contributed by atoms with Crippen LogP contribution in [0.5, 0.6) is 11.5 Å². The minimum absolute atomic E-state index is 0.266. The van der Waals surface area contributed by atoms with E-state index in [9.17, 15) is 4.39 Å². The molecule has 0 spiro atoms. The maximum atomic E-state index is 14.9. The minimum Gasteiger partial charge on any atom is -0.493 e. The molecule has 0 atom stereocenters. The third-order valence-electron chi connectivity index (χ3n) is 3.94. The molecule has 0 fully saturated rings. The first kappa shape index (κ1) is 25.0. The van der Waals surface area contributed by atoms with Gasteiger partial charge in [-0.15, -0.1) is 0 Å². The number of benzene rings is 1. The molecule has 7 heteroatoms. The Bertz CT molecular complexity index is 670. The Hall–Kier alpha value is -1.08. The first-order valence-electron chi connectivity index (χ1n) is 9.64. The van der Waals surface area contributed by atoms with E-state index in [4.69, 9.17) is 14.3 Å². The molecule has 1 aromatic carbocycles. The topological polar surface area (TPSA) is 40.0 Å². The molecule has 0 aliphatic heterocycles. The average Bonchev–Trinajstić information content (AvgIpc) is 2.64. The van der Waals surface area contributed by atoms with Gasteiger partial charge in [0.15, 0.2) is 11.6 Å². The number of oxime groups is 1. The van der Waals surface area contributed by atoms with Gasteiger partial charge in [-0.3, -0.25) is 0 Å². The van der Waals surface area contributed by atoms with Gasteiger partial charge >= 0.3 is 0 Å². The fourth-order valence-electron chi connectivity index (χ4n) is 2.58. The van der Waals surface area contributed by atoms with E-state index < -0.39 is 0 Å². The number of halogens is 3. The molecule has 158 valence electrons. The zero-order valence-electron chi connectivity index (χ0n) is 17.1. The molecule has 0 heterocycles. The SMILES string of the molecule is CCc1cc(OCC=C(Br)Br)c(F)c(CC)c1OCCCCCON=C(C)C. The van der Waals surface area contributed by atoms with E-state index >= 15 is 0 Å². The normalized spacial score (nSPS) is 10.4. The van der Waals surface area contributed by atoms with E-state index in [-0.39, 0.29) is 18.2 Å². The second kappa shape index (κ2) is 14.0. The van der Waals surface area contributed by atoms with Crippen molar-refractivity contribution in [3.8, 4) is 11.5 Å². The number of ether oxygens (including phenoxy) is 2. The zero-order chi connectivity index (χ0) is 20.9. The Kier molecular flexibility index (Phi) is 12.5. The summed E-state index contributed by atoms with van der Waals surface area (Å²) in [5.41, 5.74) is 2.45. The Morgan fingerprint density at radius 3 is 2.39 bits per heavy atom.